The molecule has 7 nitrogen and oxygen atoms in total. The van der Waals surface area contributed by atoms with E-state index in [1.807, 2.05) is 36.4 Å². The summed E-state index contributed by atoms with van der Waals surface area (Å²) in [6, 6.07) is 23.7. The van der Waals surface area contributed by atoms with Crippen molar-refractivity contribution in [2.75, 3.05) is 7.11 Å². The van der Waals surface area contributed by atoms with Crippen molar-refractivity contribution in [3.63, 3.8) is 0 Å². The van der Waals surface area contributed by atoms with Gasteiger partial charge in [0.2, 0.25) is 0 Å². The van der Waals surface area contributed by atoms with Crippen LogP contribution in [-0.2, 0) is 6.54 Å². The number of rotatable bonds is 6. The fourth-order valence-electron chi connectivity index (χ4n) is 4.07. The molecule has 0 radical (unpaired) electrons. The number of benzene rings is 3. The fraction of sp³-hybridized carbons (Fsp3) is 0.115. The van der Waals surface area contributed by atoms with Crippen LogP contribution in [0.25, 0.3) is 33.1 Å². The molecule has 0 aliphatic carbocycles. The Morgan fingerprint density at radius 3 is 2.64 bits per heavy atom. The molecule has 2 aromatic heterocycles. The summed E-state index contributed by atoms with van der Waals surface area (Å²) in [7, 11) is 1.62. The normalized spacial score (nSPS) is 11.5. The number of hydrazone groups is 1. The Morgan fingerprint density at radius 2 is 1.85 bits per heavy atom. The maximum atomic E-state index is 12.5. The van der Waals surface area contributed by atoms with Crippen LogP contribution in [0.2, 0.25) is 0 Å². The number of hydrogen-bond donors (Lipinski definition) is 2. The highest BCUT2D eigenvalue weighted by molar-refractivity contribution is 6.09. The number of methoxy groups -OCH3 is 1. The number of amides is 1. The second-order valence-corrected chi connectivity index (χ2v) is 7.63. The number of aryl methyl sites for hydroxylation is 1. The Hall–Kier alpha value is -4.39. The first kappa shape index (κ1) is 20.5. The number of aromatic nitrogens is 3. The van der Waals surface area contributed by atoms with E-state index in [0.717, 1.165) is 23.4 Å². The first-order valence-corrected chi connectivity index (χ1v) is 10.7. The van der Waals surface area contributed by atoms with Crippen molar-refractivity contribution in [2.24, 2.45) is 5.10 Å². The molecule has 5 aromatic rings. The van der Waals surface area contributed by atoms with Crippen LogP contribution in [0.3, 0.4) is 0 Å². The first-order chi connectivity index (χ1) is 16.2. The fourth-order valence-corrected chi connectivity index (χ4v) is 4.07. The van der Waals surface area contributed by atoms with Gasteiger partial charge in [-0.1, -0.05) is 24.3 Å². The monoisotopic (exact) mass is 437 g/mol. The molecule has 0 unspecified atom stereocenters. The summed E-state index contributed by atoms with van der Waals surface area (Å²) in [4.78, 5) is 12.5. The summed E-state index contributed by atoms with van der Waals surface area (Å²) < 4.78 is 7.47. The van der Waals surface area contributed by atoms with Crippen LogP contribution in [-0.4, -0.2) is 34.0 Å². The number of nitrogens with zero attached hydrogens (tertiary/aromatic N) is 3. The van der Waals surface area contributed by atoms with Gasteiger partial charge < -0.3 is 9.30 Å². The van der Waals surface area contributed by atoms with Crippen LogP contribution in [0, 0.1) is 0 Å². The van der Waals surface area contributed by atoms with Gasteiger partial charge in [-0.25, -0.2) is 5.43 Å². The largest absolute Gasteiger partial charge is 0.497 e. The van der Waals surface area contributed by atoms with Gasteiger partial charge in [-0.15, -0.1) is 0 Å². The molecule has 3 aromatic carbocycles. The van der Waals surface area contributed by atoms with E-state index >= 15 is 0 Å². The molecular weight excluding hydrogens is 414 g/mol. The SMILES string of the molecule is CCn1c2ccccc2c2cc(C=NNC(=O)c3cc(-c4ccc(OC)cc4)n[nH]3)ccc21. The summed E-state index contributed by atoms with van der Waals surface area (Å²) in [6.07, 6.45) is 1.65. The Bertz CT molecular complexity index is 1480. The number of carbonyl (C=O) groups is 1. The van der Waals surface area contributed by atoms with Crippen LogP contribution in [0.1, 0.15) is 23.0 Å². The lowest BCUT2D eigenvalue weighted by molar-refractivity contribution is 0.0950. The highest BCUT2D eigenvalue weighted by atomic mass is 16.5. The van der Waals surface area contributed by atoms with E-state index in [1.54, 1.807) is 19.4 Å². The predicted molar refractivity (Wildman–Crippen MR) is 131 cm³/mol. The van der Waals surface area contributed by atoms with Gasteiger partial charge in [0.25, 0.3) is 5.91 Å². The molecule has 2 heterocycles. The minimum atomic E-state index is -0.359. The maximum absolute atomic E-state index is 12.5. The zero-order chi connectivity index (χ0) is 22.8. The molecule has 0 saturated heterocycles. The smallest absolute Gasteiger partial charge is 0.289 e. The van der Waals surface area contributed by atoms with E-state index in [-0.39, 0.29) is 5.91 Å². The number of nitrogens with one attached hydrogen (secondary N) is 2. The number of para-hydroxylation sites is 1. The van der Waals surface area contributed by atoms with Gasteiger partial charge in [-0.3, -0.25) is 9.89 Å². The van der Waals surface area contributed by atoms with Crippen LogP contribution in [0.5, 0.6) is 5.75 Å². The zero-order valence-corrected chi connectivity index (χ0v) is 18.4. The quantitative estimate of drug-likeness (QED) is 0.290. The molecule has 0 fully saturated rings. The van der Waals surface area contributed by atoms with Crippen molar-refractivity contribution in [1.29, 1.82) is 0 Å². The van der Waals surface area contributed by atoms with E-state index < -0.39 is 0 Å². The predicted octanol–water partition coefficient (Wildman–Crippen LogP) is 4.98. The number of hydrogen-bond acceptors (Lipinski definition) is 4. The summed E-state index contributed by atoms with van der Waals surface area (Å²) >= 11 is 0. The third kappa shape index (κ3) is 3.85. The highest BCUT2D eigenvalue weighted by Gasteiger charge is 2.11. The standard InChI is InChI=1S/C26H23N5O2/c1-3-31-24-7-5-4-6-20(24)21-14-17(8-13-25(21)31)16-27-30-26(32)23-15-22(28-29-23)18-9-11-19(33-2)12-10-18/h4-16H,3H2,1-2H3,(H,28,29)(H,30,32). The number of carbonyl (C=O) groups excluding carboxylic acids is 1. The topological polar surface area (TPSA) is 84.3 Å². The minimum absolute atomic E-state index is 0.333. The molecule has 0 saturated carbocycles. The molecule has 2 N–H and O–H groups in total. The van der Waals surface area contributed by atoms with Gasteiger partial charge in [0, 0.05) is 33.9 Å². The first-order valence-electron chi connectivity index (χ1n) is 10.7. The molecule has 1 amide bonds. The third-order valence-corrected chi connectivity index (χ3v) is 5.70. The van der Waals surface area contributed by atoms with Crippen LogP contribution in [0.4, 0.5) is 0 Å². The molecule has 33 heavy (non-hydrogen) atoms. The maximum Gasteiger partial charge on any atom is 0.289 e. The van der Waals surface area contributed by atoms with E-state index in [9.17, 15) is 4.79 Å². The van der Waals surface area contributed by atoms with Crippen molar-refractivity contribution >= 4 is 33.9 Å². The molecule has 0 spiro atoms. The van der Waals surface area contributed by atoms with Gasteiger partial charge in [0.05, 0.1) is 19.0 Å². The lowest BCUT2D eigenvalue weighted by Crippen LogP contribution is -2.17. The van der Waals surface area contributed by atoms with Gasteiger partial charge in [0.15, 0.2) is 0 Å². The van der Waals surface area contributed by atoms with E-state index in [0.29, 0.717) is 11.4 Å². The van der Waals surface area contributed by atoms with Crippen molar-refractivity contribution in [3.8, 4) is 17.0 Å². The van der Waals surface area contributed by atoms with E-state index in [4.69, 9.17) is 4.74 Å². The lowest BCUT2D eigenvalue weighted by atomic mass is 10.1. The second kappa shape index (κ2) is 8.63. The number of fused-ring (bicyclic) bond motifs is 3. The average Bonchev–Trinajstić information content (AvgIpc) is 3.47. The third-order valence-electron chi connectivity index (χ3n) is 5.70. The van der Waals surface area contributed by atoms with Gasteiger partial charge in [-0.2, -0.15) is 10.2 Å². The summed E-state index contributed by atoms with van der Waals surface area (Å²) in [5, 5.41) is 13.5. The molecule has 0 bridgehead atoms. The molecule has 0 aliphatic rings. The Kier molecular flexibility index (Phi) is 5.36. The number of aromatic amines is 1. The molecule has 0 aliphatic heterocycles. The Labute approximate surface area is 190 Å². The average molecular weight is 438 g/mol. The van der Waals surface area contributed by atoms with Gasteiger partial charge >= 0.3 is 0 Å². The molecule has 164 valence electrons. The molecular formula is C26H23N5O2. The Balaban J connectivity index is 1.32. The van der Waals surface area contributed by atoms with Gasteiger partial charge in [-0.05, 0) is 61.0 Å². The number of ether oxygens (including phenoxy) is 1. The highest BCUT2D eigenvalue weighted by Crippen LogP contribution is 2.29. The molecule has 0 atom stereocenters. The van der Waals surface area contributed by atoms with Crippen LogP contribution in [0.15, 0.2) is 77.9 Å². The van der Waals surface area contributed by atoms with Gasteiger partial charge in [0.1, 0.15) is 11.4 Å². The molecule has 7 heteroatoms. The molecule has 5 rings (SSSR count). The van der Waals surface area contributed by atoms with Crippen LogP contribution < -0.4 is 10.2 Å². The van der Waals surface area contributed by atoms with Crippen LogP contribution >= 0.6 is 0 Å². The number of H-pyrrole nitrogens is 1. The van der Waals surface area contributed by atoms with E-state index in [1.165, 1.54) is 21.8 Å². The summed E-state index contributed by atoms with van der Waals surface area (Å²) in [5.41, 5.74) is 7.76. The van der Waals surface area contributed by atoms with Crippen molar-refractivity contribution < 1.29 is 9.53 Å². The van der Waals surface area contributed by atoms with Crippen molar-refractivity contribution in [1.82, 2.24) is 20.2 Å². The summed E-state index contributed by atoms with van der Waals surface area (Å²) in [6.45, 7) is 3.04. The lowest BCUT2D eigenvalue weighted by Gasteiger charge is -2.02. The van der Waals surface area contributed by atoms with E-state index in [2.05, 4.69) is 62.5 Å². The summed E-state index contributed by atoms with van der Waals surface area (Å²) in [5.74, 6) is 0.404. The van der Waals surface area contributed by atoms with Crippen molar-refractivity contribution in [3.05, 3.63) is 84.1 Å². The zero-order valence-electron chi connectivity index (χ0n) is 18.4. The second-order valence-electron chi connectivity index (χ2n) is 7.63. The Morgan fingerprint density at radius 1 is 1.06 bits per heavy atom. The minimum Gasteiger partial charge on any atom is -0.497 e. The van der Waals surface area contributed by atoms with Crippen molar-refractivity contribution in [2.45, 2.75) is 13.5 Å².